The fourth-order valence-corrected chi connectivity index (χ4v) is 3.79. The molecule has 1 atom stereocenters. The largest absolute Gasteiger partial charge is 0.349 e. The Labute approximate surface area is 146 Å². The molecule has 0 aliphatic heterocycles. The van der Waals surface area contributed by atoms with Crippen LogP contribution in [0.25, 0.3) is 10.9 Å². The highest BCUT2D eigenvalue weighted by molar-refractivity contribution is 6.07. The van der Waals surface area contributed by atoms with Crippen molar-refractivity contribution in [3.8, 4) is 0 Å². The second kappa shape index (κ2) is 6.31. The molecule has 0 saturated heterocycles. The number of aromatic nitrogens is 3. The average molecular weight is 334 g/mol. The molecule has 1 amide bonds. The second-order valence-electron chi connectivity index (χ2n) is 6.72. The van der Waals surface area contributed by atoms with Crippen molar-refractivity contribution in [2.45, 2.75) is 45.6 Å². The number of fused-ring (bicyclic) bond motifs is 2. The minimum atomic E-state index is 0.00254. The molecule has 0 bridgehead atoms. The Morgan fingerprint density at radius 2 is 2.20 bits per heavy atom. The van der Waals surface area contributed by atoms with Gasteiger partial charge in [-0.05, 0) is 49.8 Å². The van der Waals surface area contributed by atoms with Crippen molar-refractivity contribution in [1.82, 2.24) is 20.5 Å². The average Bonchev–Trinajstić information content (AvgIpc) is 3.08. The van der Waals surface area contributed by atoms with E-state index < -0.39 is 0 Å². The zero-order valence-corrected chi connectivity index (χ0v) is 14.6. The van der Waals surface area contributed by atoms with E-state index in [2.05, 4.69) is 22.4 Å². The summed E-state index contributed by atoms with van der Waals surface area (Å²) in [5.74, 6) is 0.00254. The third kappa shape index (κ3) is 2.80. The van der Waals surface area contributed by atoms with Gasteiger partial charge in [0.25, 0.3) is 5.91 Å². The van der Waals surface area contributed by atoms with Gasteiger partial charge < -0.3 is 5.32 Å². The van der Waals surface area contributed by atoms with E-state index in [0.717, 1.165) is 53.4 Å². The van der Waals surface area contributed by atoms with Crippen molar-refractivity contribution >= 4 is 16.8 Å². The van der Waals surface area contributed by atoms with Crippen LogP contribution in [0.3, 0.4) is 0 Å². The summed E-state index contributed by atoms with van der Waals surface area (Å²) >= 11 is 0. The minimum absolute atomic E-state index is 0.00254. The number of benzene rings is 1. The number of H-pyrrole nitrogens is 1. The van der Waals surface area contributed by atoms with Crippen molar-refractivity contribution in [3.63, 3.8) is 0 Å². The number of nitrogens with one attached hydrogen (secondary N) is 2. The van der Waals surface area contributed by atoms with Gasteiger partial charge in [0.05, 0.1) is 17.3 Å². The summed E-state index contributed by atoms with van der Waals surface area (Å²) in [6.07, 6.45) is 5.38. The van der Waals surface area contributed by atoms with E-state index in [1.165, 1.54) is 11.3 Å². The van der Waals surface area contributed by atoms with Crippen molar-refractivity contribution in [1.29, 1.82) is 0 Å². The van der Waals surface area contributed by atoms with Crippen LogP contribution in [-0.2, 0) is 19.3 Å². The third-order valence-electron chi connectivity index (χ3n) is 5.15. The van der Waals surface area contributed by atoms with Gasteiger partial charge in [-0.1, -0.05) is 25.1 Å². The molecule has 5 nitrogen and oxygen atoms in total. The summed E-state index contributed by atoms with van der Waals surface area (Å²) in [5.41, 5.74) is 6.03. The Balaban J connectivity index is 1.67. The van der Waals surface area contributed by atoms with Crippen LogP contribution in [0.4, 0.5) is 0 Å². The van der Waals surface area contributed by atoms with Crippen LogP contribution in [0.1, 0.15) is 46.2 Å². The molecule has 0 fully saturated rings. The number of carbonyl (C=O) groups excluding carboxylic acids is 1. The first-order valence-corrected chi connectivity index (χ1v) is 8.87. The van der Waals surface area contributed by atoms with Crippen LogP contribution in [0.2, 0.25) is 0 Å². The summed E-state index contributed by atoms with van der Waals surface area (Å²) in [7, 11) is 0. The molecule has 3 aromatic rings. The molecule has 0 spiro atoms. The Bertz CT molecular complexity index is 944. The number of nitrogens with zero attached hydrogens (tertiary/aromatic N) is 2. The maximum absolute atomic E-state index is 13.1. The van der Waals surface area contributed by atoms with Crippen LogP contribution < -0.4 is 5.32 Å². The molecule has 4 rings (SSSR count). The smallest absolute Gasteiger partial charge is 0.252 e. The van der Waals surface area contributed by atoms with Crippen molar-refractivity contribution in [3.05, 3.63) is 58.5 Å². The predicted molar refractivity (Wildman–Crippen MR) is 97.7 cm³/mol. The van der Waals surface area contributed by atoms with E-state index in [-0.39, 0.29) is 11.9 Å². The fraction of sp³-hybridized carbons (Fsp3) is 0.350. The van der Waals surface area contributed by atoms with Crippen LogP contribution in [0.5, 0.6) is 0 Å². The molecule has 1 aromatic carbocycles. The normalized spacial score (nSPS) is 16.6. The summed E-state index contributed by atoms with van der Waals surface area (Å²) in [5, 5.41) is 11.3. The van der Waals surface area contributed by atoms with Crippen LogP contribution >= 0.6 is 0 Å². The Morgan fingerprint density at radius 1 is 1.36 bits per heavy atom. The molecule has 1 unspecified atom stereocenters. The highest BCUT2D eigenvalue weighted by atomic mass is 16.1. The summed E-state index contributed by atoms with van der Waals surface area (Å²) in [4.78, 5) is 17.8. The van der Waals surface area contributed by atoms with Crippen LogP contribution in [0.15, 0.2) is 30.5 Å². The van der Waals surface area contributed by atoms with E-state index >= 15 is 0 Å². The molecular weight excluding hydrogens is 312 g/mol. The van der Waals surface area contributed by atoms with Crippen molar-refractivity contribution in [2.75, 3.05) is 0 Å². The van der Waals surface area contributed by atoms with Gasteiger partial charge in [-0.15, -0.1) is 0 Å². The van der Waals surface area contributed by atoms with E-state index in [0.29, 0.717) is 0 Å². The molecule has 25 heavy (non-hydrogen) atoms. The molecule has 128 valence electrons. The van der Waals surface area contributed by atoms with Gasteiger partial charge in [-0.2, -0.15) is 5.10 Å². The van der Waals surface area contributed by atoms with Gasteiger partial charge in [0.15, 0.2) is 0 Å². The van der Waals surface area contributed by atoms with E-state index in [1.54, 1.807) is 0 Å². The summed E-state index contributed by atoms with van der Waals surface area (Å²) in [6, 6.07) is 8.04. The number of hydrogen-bond acceptors (Lipinski definition) is 3. The number of pyridine rings is 1. The van der Waals surface area contributed by atoms with E-state index in [4.69, 9.17) is 4.98 Å². The molecule has 0 saturated carbocycles. The van der Waals surface area contributed by atoms with Crippen LogP contribution in [0, 0.1) is 6.92 Å². The maximum atomic E-state index is 13.1. The number of carbonyl (C=O) groups is 1. The molecule has 0 radical (unpaired) electrons. The second-order valence-corrected chi connectivity index (χ2v) is 6.72. The SMILES string of the molecule is CCc1nc2ccccc2c(C(=O)NC2CCc3[nH]ncc3C2)c1C. The van der Waals surface area contributed by atoms with E-state index in [1.807, 2.05) is 37.4 Å². The first-order chi connectivity index (χ1) is 12.2. The van der Waals surface area contributed by atoms with Crippen molar-refractivity contribution in [2.24, 2.45) is 0 Å². The highest BCUT2D eigenvalue weighted by Gasteiger charge is 2.24. The van der Waals surface area contributed by atoms with Gasteiger partial charge in [0, 0.05) is 22.8 Å². The highest BCUT2D eigenvalue weighted by Crippen LogP contribution is 2.25. The first-order valence-electron chi connectivity index (χ1n) is 8.87. The summed E-state index contributed by atoms with van der Waals surface area (Å²) in [6.45, 7) is 4.08. The maximum Gasteiger partial charge on any atom is 0.252 e. The lowest BCUT2D eigenvalue weighted by molar-refractivity contribution is 0.0934. The van der Waals surface area contributed by atoms with Crippen molar-refractivity contribution < 1.29 is 4.79 Å². The number of aromatic amines is 1. The van der Waals surface area contributed by atoms with Crippen LogP contribution in [-0.4, -0.2) is 27.1 Å². The summed E-state index contributed by atoms with van der Waals surface area (Å²) < 4.78 is 0. The zero-order valence-electron chi connectivity index (χ0n) is 14.6. The zero-order chi connectivity index (χ0) is 17.4. The van der Waals surface area contributed by atoms with Gasteiger partial charge >= 0.3 is 0 Å². The van der Waals surface area contributed by atoms with Gasteiger partial charge in [0.2, 0.25) is 0 Å². The molecule has 2 heterocycles. The molecule has 1 aliphatic carbocycles. The lowest BCUT2D eigenvalue weighted by Crippen LogP contribution is -2.39. The number of aryl methyl sites for hydroxylation is 2. The standard InChI is InChI=1S/C20H22N4O/c1-3-16-12(2)19(15-6-4-5-7-18(15)23-16)20(25)22-14-8-9-17-13(10-14)11-21-24-17/h4-7,11,14H,3,8-10H2,1-2H3,(H,21,24)(H,22,25). The van der Waals surface area contributed by atoms with Gasteiger partial charge in [-0.3, -0.25) is 14.9 Å². The molecular formula is C20H22N4O. The monoisotopic (exact) mass is 334 g/mol. The Morgan fingerprint density at radius 3 is 3.04 bits per heavy atom. The van der Waals surface area contributed by atoms with E-state index in [9.17, 15) is 4.79 Å². The lowest BCUT2D eigenvalue weighted by atomic mass is 9.92. The minimum Gasteiger partial charge on any atom is -0.349 e. The molecule has 1 aliphatic rings. The number of amides is 1. The first kappa shape index (κ1) is 15.8. The molecule has 5 heteroatoms. The number of para-hydroxylation sites is 1. The topological polar surface area (TPSA) is 70.7 Å². The molecule has 2 aromatic heterocycles. The quantitative estimate of drug-likeness (QED) is 0.773. The predicted octanol–water partition coefficient (Wildman–Crippen LogP) is 3.12. The number of hydrogen-bond donors (Lipinski definition) is 2. The number of rotatable bonds is 3. The Hall–Kier alpha value is -2.69. The molecule has 2 N–H and O–H groups in total. The third-order valence-corrected chi connectivity index (χ3v) is 5.15. The van der Waals surface area contributed by atoms with Gasteiger partial charge in [0.1, 0.15) is 0 Å². The lowest BCUT2D eigenvalue weighted by Gasteiger charge is -2.24. The Kier molecular flexibility index (Phi) is 3.99. The van der Waals surface area contributed by atoms with Gasteiger partial charge in [-0.25, -0.2) is 0 Å². The fourth-order valence-electron chi connectivity index (χ4n) is 3.79.